The van der Waals surface area contributed by atoms with Gasteiger partial charge < -0.3 is 19.1 Å². The molecule has 1 aliphatic carbocycles. The Morgan fingerprint density at radius 1 is 1.08 bits per heavy atom. The van der Waals surface area contributed by atoms with Crippen molar-refractivity contribution in [3.8, 4) is 22.6 Å². The third-order valence-electron chi connectivity index (χ3n) is 7.58. The molecule has 2 fully saturated rings. The molecule has 3 aliphatic rings. The summed E-state index contributed by atoms with van der Waals surface area (Å²) in [4.78, 5) is 15.8. The van der Waals surface area contributed by atoms with Crippen molar-refractivity contribution in [1.82, 2.24) is 4.90 Å². The zero-order chi connectivity index (χ0) is 24.7. The second-order valence-electron chi connectivity index (χ2n) is 10.0. The topological polar surface area (TPSA) is 48.0 Å². The van der Waals surface area contributed by atoms with Crippen molar-refractivity contribution in [2.75, 3.05) is 26.4 Å². The molecule has 186 valence electrons. The molecular formula is C30H30ClNO4. The van der Waals surface area contributed by atoms with Crippen LogP contribution in [0.15, 0.2) is 60.7 Å². The summed E-state index contributed by atoms with van der Waals surface area (Å²) >= 11 is 6.11. The number of carbonyl (C=O) groups is 1. The largest absolute Gasteiger partial charge is 0.487 e. The molecule has 1 saturated heterocycles. The fraction of sp³-hybridized carbons (Fsp3) is 0.367. The summed E-state index contributed by atoms with van der Waals surface area (Å²) in [7, 11) is 0. The molecule has 3 aromatic carbocycles. The minimum Gasteiger partial charge on any atom is -0.487 e. The van der Waals surface area contributed by atoms with Crippen LogP contribution in [0.3, 0.4) is 0 Å². The minimum atomic E-state index is -0.455. The summed E-state index contributed by atoms with van der Waals surface area (Å²) in [5, 5.41) is 0.683. The first-order chi connectivity index (χ1) is 17.5. The van der Waals surface area contributed by atoms with Gasteiger partial charge in [-0.15, -0.1) is 0 Å². The van der Waals surface area contributed by atoms with E-state index in [0.29, 0.717) is 37.9 Å². The van der Waals surface area contributed by atoms with Crippen molar-refractivity contribution in [3.05, 3.63) is 82.4 Å². The molecule has 5 nitrogen and oxygen atoms in total. The van der Waals surface area contributed by atoms with Crippen LogP contribution >= 0.6 is 11.6 Å². The molecule has 36 heavy (non-hydrogen) atoms. The molecular weight excluding hydrogens is 474 g/mol. The number of fused-ring (bicyclic) bond motifs is 1. The van der Waals surface area contributed by atoms with Gasteiger partial charge in [0.05, 0.1) is 25.2 Å². The molecule has 0 unspecified atom stereocenters. The van der Waals surface area contributed by atoms with E-state index < -0.39 is 5.41 Å². The van der Waals surface area contributed by atoms with E-state index in [-0.39, 0.29) is 12.0 Å². The highest BCUT2D eigenvalue weighted by molar-refractivity contribution is 6.30. The molecule has 1 amide bonds. The van der Waals surface area contributed by atoms with Gasteiger partial charge in [-0.1, -0.05) is 48.0 Å². The molecule has 0 bridgehead atoms. The van der Waals surface area contributed by atoms with E-state index in [1.165, 1.54) is 5.56 Å². The van der Waals surface area contributed by atoms with E-state index in [0.717, 1.165) is 53.0 Å². The van der Waals surface area contributed by atoms with E-state index in [1.807, 2.05) is 35.2 Å². The average Bonchev–Trinajstić information content (AvgIpc) is 3.59. The number of nitrogens with zero attached hydrogens (tertiary/aromatic N) is 1. The highest BCUT2D eigenvalue weighted by Gasteiger charge is 2.53. The van der Waals surface area contributed by atoms with E-state index >= 15 is 0 Å². The third-order valence-corrected chi connectivity index (χ3v) is 7.83. The van der Waals surface area contributed by atoms with Gasteiger partial charge in [-0.3, -0.25) is 4.79 Å². The van der Waals surface area contributed by atoms with Gasteiger partial charge in [-0.25, -0.2) is 0 Å². The number of rotatable bonds is 5. The van der Waals surface area contributed by atoms with Gasteiger partial charge in [0.1, 0.15) is 12.7 Å². The summed E-state index contributed by atoms with van der Waals surface area (Å²) in [6, 6.07) is 20.3. The fourth-order valence-corrected chi connectivity index (χ4v) is 5.53. The smallest absolute Gasteiger partial charge is 0.233 e. The Kier molecular flexibility index (Phi) is 6.14. The maximum atomic E-state index is 13.9. The maximum Gasteiger partial charge on any atom is 0.233 e. The van der Waals surface area contributed by atoms with Gasteiger partial charge in [-0.05, 0) is 66.3 Å². The van der Waals surface area contributed by atoms with Crippen LogP contribution in [0.4, 0.5) is 0 Å². The van der Waals surface area contributed by atoms with Crippen LogP contribution in [0.1, 0.15) is 36.0 Å². The lowest BCUT2D eigenvalue weighted by Crippen LogP contribution is -2.40. The highest BCUT2D eigenvalue weighted by atomic mass is 35.5. The van der Waals surface area contributed by atoms with Crippen molar-refractivity contribution in [2.45, 2.75) is 44.2 Å². The van der Waals surface area contributed by atoms with E-state index in [1.54, 1.807) is 0 Å². The van der Waals surface area contributed by atoms with E-state index in [9.17, 15) is 4.79 Å². The first-order valence-corrected chi connectivity index (χ1v) is 13.1. The summed E-state index contributed by atoms with van der Waals surface area (Å²) < 4.78 is 18.2. The number of benzene rings is 3. The highest BCUT2D eigenvalue weighted by Crippen LogP contribution is 2.50. The van der Waals surface area contributed by atoms with Crippen LogP contribution in [0.2, 0.25) is 5.02 Å². The number of amides is 1. The Hall–Kier alpha value is -3.02. The standard InChI is InChI=1S/C30H30ClNO4/c1-20-4-2-3-5-26(20)21-16-22-18-32(29(33)30(11-12-30)23-6-8-24(31)9-7-23)13-15-35-28(22)27(17-21)36-25-10-14-34-19-25/h2-9,16-17,25H,10-15,18-19H2,1H3/t25-/m1/s1. The normalized spacial score (nSPS) is 20.3. The van der Waals surface area contributed by atoms with Gasteiger partial charge >= 0.3 is 0 Å². The number of carbonyl (C=O) groups excluding carboxylic acids is 1. The number of ether oxygens (including phenoxy) is 3. The van der Waals surface area contributed by atoms with E-state index in [2.05, 4.69) is 37.3 Å². The van der Waals surface area contributed by atoms with Crippen LogP contribution in [0.25, 0.3) is 11.1 Å². The quantitative estimate of drug-likeness (QED) is 0.432. The molecule has 1 atom stereocenters. The molecule has 6 heteroatoms. The molecule has 0 radical (unpaired) electrons. The Balaban J connectivity index is 1.36. The predicted octanol–water partition coefficient (Wildman–Crippen LogP) is 5.94. The zero-order valence-corrected chi connectivity index (χ0v) is 21.2. The second kappa shape index (κ2) is 9.45. The Bertz CT molecular complexity index is 1280. The van der Waals surface area contributed by atoms with Crippen molar-refractivity contribution in [2.24, 2.45) is 0 Å². The first-order valence-electron chi connectivity index (χ1n) is 12.7. The predicted molar refractivity (Wildman–Crippen MR) is 140 cm³/mol. The van der Waals surface area contributed by atoms with Gasteiger partial charge in [-0.2, -0.15) is 0 Å². The van der Waals surface area contributed by atoms with Crippen LogP contribution in [0, 0.1) is 6.92 Å². The Morgan fingerprint density at radius 3 is 2.61 bits per heavy atom. The van der Waals surface area contributed by atoms with Crippen molar-refractivity contribution < 1.29 is 19.0 Å². The minimum absolute atomic E-state index is 0.00504. The molecule has 0 N–H and O–H groups in total. The van der Waals surface area contributed by atoms with Crippen molar-refractivity contribution in [1.29, 1.82) is 0 Å². The average molecular weight is 504 g/mol. The lowest BCUT2D eigenvalue weighted by atomic mass is 9.93. The zero-order valence-electron chi connectivity index (χ0n) is 20.5. The number of aryl methyl sites for hydroxylation is 1. The van der Waals surface area contributed by atoms with Gasteiger partial charge in [0.25, 0.3) is 0 Å². The van der Waals surface area contributed by atoms with Crippen molar-refractivity contribution >= 4 is 17.5 Å². The molecule has 6 rings (SSSR count). The Labute approximate surface area is 216 Å². The van der Waals surface area contributed by atoms with Crippen LogP contribution < -0.4 is 9.47 Å². The third kappa shape index (κ3) is 4.35. The molecule has 0 spiro atoms. The maximum absolute atomic E-state index is 13.9. The molecule has 1 saturated carbocycles. The summed E-state index contributed by atoms with van der Waals surface area (Å²) in [6.45, 7) is 4.85. The first kappa shape index (κ1) is 23.4. The molecule has 2 aliphatic heterocycles. The lowest BCUT2D eigenvalue weighted by Gasteiger charge is -2.26. The number of hydrogen-bond donors (Lipinski definition) is 0. The Morgan fingerprint density at radius 2 is 1.89 bits per heavy atom. The van der Waals surface area contributed by atoms with Gasteiger partial charge in [0, 0.05) is 23.6 Å². The number of hydrogen-bond acceptors (Lipinski definition) is 4. The molecule has 2 heterocycles. The van der Waals surface area contributed by atoms with Gasteiger partial charge in [0.15, 0.2) is 11.5 Å². The molecule has 0 aromatic heterocycles. The summed E-state index contributed by atoms with van der Waals surface area (Å²) in [5.74, 6) is 1.63. The summed E-state index contributed by atoms with van der Waals surface area (Å²) in [5.41, 5.74) is 4.97. The van der Waals surface area contributed by atoms with Crippen LogP contribution in [-0.4, -0.2) is 43.3 Å². The van der Waals surface area contributed by atoms with Crippen molar-refractivity contribution in [3.63, 3.8) is 0 Å². The summed E-state index contributed by atoms with van der Waals surface area (Å²) in [6.07, 6.45) is 2.58. The molecule has 3 aromatic rings. The van der Waals surface area contributed by atoms with Crippen LogP contribution in [-0.2, 0) is 21.5 Å². The lowest BCUT2D eigenvalue weighted by molar-refractivity contribution is -0.134. The monoisotopic (exact) mass is 503 g/mol. The second-order valence-corrected chi connectivity index (χ2v) is 10.5. The van der Waals surface area contributed by atoms with Gasteiger partial charge in [0.2, 0.25) is 5.91 Å². The fourth-order valence-electron chi connectivity index (χ4n) is 5.40. The SMILES string of the molecule is Cc1ccccc1-c1cc2c(c(O[C@@H]3CCOC3)c1)OCCN(C(=O)C1(c3ccc(Cl)cc3)CC1)C2. The van der Waals surface area contributed by atoms with Crippen LogP contribution in [0.5, 0.6) is 11.5 Å². The number of halogens is 1. The van der Waals surface area contributed by atoms with E-state index in [4.69, 9.17) is 25.8 Å².